The normalized spacial score (nSPS) is 11.1. The number of nitrogens with zero attached hydrogens (tertiary/aromatic N) is 3. The van der Waals surface area contributed by atoms with Gasteiger partial charge in [-0.15, -0.1) is 0 Å². The van der Waals surface area contributed by atoms with E-state index >= 15 is 0 Å². The summed E-state index contributed by atoms with van der Waals surface area (Å²) in [5.74, 6) is 0.790. The Balaban J connectivity index is 1.92. The van der Waals surface area contributed by atoms with Gasteiger partial charge in [0, 0.05) is 41.0 Å². The van der Waals surface area contributed by atoms with E-state index in [2.05, 4.69) is 84.8 Å². The fourth-order valence-corrected chi connectivity index (χ4v) is 3.68. The van der Waals surface area contributed by atoms with Crippen LogP contribution in [0.25, 0.3) is 33.3 Å². The molecule has 134 valence electrons. The lowest BCUT2D eigenvalue weighted by Crippen LogP contribution is -2.32. The van der Waals surface area contributed by atoms with Crippen LogP contribution in [-0.4, -0.2) is 9.97 Å². The van der Waals surface area contributed by atoms with E-state index in [-0.39, 0.29) is 0 Å². The molecule has 2 heterocycles. The van der Waals surface area contributed by atoms with Gasteiger partial charge in [-0.25, -0.2) is 9.97 Å². The standard InChI is InChI=1S/C24H24N3/c1-15-10-16(2)17(3)22(11-15)23-9-8-19-6-7-20(12-24(19)27(23)5)21-13-25-18(4)26-14-21/h6-14H,1-5H3/q+1. The van der Waals surface area contributed by atoms with Crippen molar-refractivity contribution in [3.63, 3.8) is 0 Å². The summed E-state index contributed by atoms with van der Waals surface area (Å²) in [6, 6.07) is 15.5. The van der Waals surface area contributed by atoms with Crippen LogP contribution in [0.4, 0.5) is 0 Å². The van der Waals surface area contributed by atoms with Gasteiger partial charge in [0.1, 0.15) is 12.9 Å². The molecule has 0 bridgehead atoms. The monoisotopic (exact) mass is 354 g/mol. The molecule has 3 heteroatoms. The van der Waals surface area contributed by atoms with Crippen LogP contribution in [-0.2, 0) is 7.05 Å². The van der Waals surface area contributed by atoms with Gasteiger partial charge in [-0.3, -0.25) is 0 Å². The molecule has 2 aromatic carbocycles. The van der Waals surface area contributed by atoms with E-state index < -0.39 is 0 Å². The van der Waals surface area contributed by atoms with Crippen LogP contribution >= 0.6 is 0 Å². The molecule has 0 saturated carbocycles. The molecular weight excluding hydrogens is 330 g/mol. The highest BCUT2D eigenvalue weighted by atomic mass is 14.9. The number of aromatic nitrogens is 3. The summed E-state index contributed by atoms with van der Waals surface area (Å²) < 4.78 is 2.29. The predicted octanol–water partition coefficient (Wildman–Crippen LogP) is 5.02. The summed E-state index contributed by atoms with van der Waals surface area (Å²) in [6.45, 7) is 8.45. The summed E-state index contributed by atoms with van der Waals surface area (Å²) in [7, 11) is 2.14. The summed E-state index contributed by atoms with van der Waals surface area (Å²) in [4.78, 5) is 8.67. The molecule has 0 radical (unpaired) electrons. The average Bonchev–Trinajstić information content (AvgIpc) is 2.66. The van der Waals surface area contributed by atoms with Crippen molar-refractivity contribution in [1.29, 1.82) is 0 Å². The first kappa shape index (κ1) is 17.3. The number of rotatable bonds is 2. The van der Waals surface area contributed by atoms with Gasteiger partial charge < -0.3 is 0 Å². The number of fused-ring (bicyclic) bond motifs is 1. The maximum absolute atomic E-state index is 4.34. The van der Waals surface area contributed by atoms with Gasteiger partial charge in [0.05, 0.1) is 0 Å². The van der Waals surface area contributed by atoms with Crippen molar-refractivity contribution < 1.29 is 4.57 Å². The van der Waals surface area contributed by atoms with E-state index in [9.17, 15) is 0 Å². The van der Waals surface area contributed by atoms with Crippen molar-refractivity contribution >= 4 is 10.9 Å². The van der Waals surface area contributed by atoms with Gasteiger partial charge in [0.2, 0.25) is 11.2 Å². The van der Waals surface area contributed by atoms with Crippen LogP contribution in [0.2, 0.25) is 0 Å². The summed E-state index contributed by atoms with van der Waals surface area (Å²) >= 11 is 0. The molecule has 0 saturated heterocycles. The van der Waals surface area contributed by atoms with E-state index in [1.165, 1.54) is 38.9 Å². The molecular formula is C24H24N3+. The predicted molar refractivity (Wildman–Crippen MR) is 111 cm³/mol. The first-order valence-corrected chi connectivity index (χ1v) is 9.24. The SMILES string of the molecule is Cc1cc(C)c(C)c(-c2ccc3ccc(-c4cnc(C)nc4)cc3[n+]2C)c1. The zero-order chi connectivity index (χ0) is 19.1. The van der Waals surface area contributed by atoms with Crippen LogP contribution in [0.5, 0.6) is 0 Å². The Kier molecular flexibility index (Phi) is 4.23. The van der Waals surface area contributed by atoms with E-state index in [4.69, 9.17) is 0 Å². The molecule has 3 nitrogen and oxygen atoms in total. The van der Waals surface area contributed by atoms with Gasteiger partial charge >= 0.3 is 0 Å². The topological polar surface area (TPSA) is 29.7 Å². The molecule has 0 aliphatic heterocycles. The first-order valence-electron chi connectivity index (χ1n) is 9.24. The lowest BCUT2D eigenvalue weighted by molar-refractivity contribution is -0.633. The lowest BCUT2D eigenvalue weighted by Gasteiger charge is -2.11. The molecule has 0 fully saturated rings. The van der Waals surface area contributed by atoms with Crippen LogP contribution in [0.3, 0.4) is 0 Å². The molecule has 0 unspecified atom stereocenters. The average molecular weight is 354 g/mol. The Hall–Kier alpha value is -3.07. The van der Waals surface area contributed by atoms with E-state index in [0.29, 0.717) is 0 Å². The Morgan fingerprint density at radius 1 is 0.778 bits per heavy atom. The number of pyridine rings is 1. The minimum absolute atomic E-state index is 0.790. The fourth-order valence-electron chi connectivity index (χ4n) is 3.68. The summed E-state index contributed by atoms with van der Waals surface area (Å²) in [6.07, 6.45) is 3.78. The van der Waals surface area contributed by atoms with Crippen LogP contribution in [0, 0.1) is 27.7 Å². The highest BCUT2D eigenvalue weighted by Crippen LogP contribution is 2.28. The largest absolute Gasteiger partial charge is 0.241 e. The number of hydrogen-bond acceptors (Lipinski definition) is 2. The summed E-state index contributed by atoms with van der Waals surface area (Å²) in [5.41, 5.74) is 9.84. The van der Waals surface area contributed by atoms with Crippen molar-refractivity contribution in [2.45, 2.75) is 27.7 Å². The molecule has 0 atom stereocenters. The maximum atomic E-state index is 4.34. The van der Waals surface area contributed by atoms with Gasteiger partial charge in [-0.1, -0.05) is 17.7 Å². The third-order valence-electron chi connectivity index (χ3n) is 5.38. The van der Waals surface area contributed by atoms with Gasteiger partial charge in [0.25, 0.3) is 0 Å². The Bertz CT molecular complexity index is 1160. The first-order chi connectivity index (χ1) is 12.9. The molecule has 0 aliphatic carbocycles. The highest BCUT2D eigenvalue weighted by molar-refractivity contribution is 5.83. The molecule has 4 rings (SSSR count). The smallest absolute Gasteiger partial charge is 0.213 e. The molecule has 2 aromatic heterocycles. The van der Waals surface area contributed by atoms with E-state index in [1.807, 2.05) is 19.3 Å². The van der Waals surface area contributed by atoms with Gasteiger partial charge in [0.15, 0.2) is 0 Å². The Morgan fingerprint density at radius 2 is 1.48 bits per heavy atom. The number of aryl methyl sites for hydroxylation is 4. The third kappa shape index (κ3) is 3.10. The minimum atomic E-state index is 0.790. The van der Waals surface area contributed by atoms with E-state index in [1.54, 1.807) is 0 Å². The third-order valence-corrected chi connectivity index (χ3v) is 5.38. The maximum Gasteiger partial charge on any atom is 0.213 e. The summed E-state index contributed by atoms with van der Waals surface area (Å²) in [5, 5.41) is 1.22. The van der Waals surface area contributed by atoms with Crippen molar-refractivity contribution in [2.24, 2.45) is 7.05 Å². The molecule has 4 aromatic rings. The molecule has 0 spiro atoms. The Morgan fingerprint density at radius 3 is 2.22 bits per heavy atom. The van der Waals surface area contributed by atoms with Crippen LogP contribution in [0.15, 0.2) is 54.9 Å². The number of benzene rings is 2. The second kappa shape index (κ2) is 6.58. The fraction of sp³-hybridized carbons (Fsp3) is 0.208. The zero-order valence-corrected chi connectivity index (χ0v) is 16.5. The highest BCUT2D eigenvalue weighted by Gasteiger charge is 2.17. The zero-order valence-electron chi connectivity index (χ0n) is 16.5. The second-order valence-electron chi connectivity index (χ2n) is 7.32. The lowest BCUT2D eigenvalue weighted by atomic mass is 9.96. The van der Waals surface area contributed by atoms with Gasteiger partial charge in [-0.2, -0.15) is 4.57 Å². The minimum Gasteiger partial charge on any atom is -0.241 e. The van der Waals surface area contributed by atoms with Gasteiger partial charge in [-0.05, 0) is 62.6 Å². The molecule has 0 aliphatic rings. The van der Waals surface area contributed by atoms with E-state index in [0.717, 1.165) is 17.0 Å². The van der Waals surface area contributed by atoms with Crippen LogP contribution < -0.4 is 4.57 Å². The van der Waals surface area contributed by atoms with Crippen molar-refractivity contribution in [1.82, 2.24) is 9.97 Å². The van der Waals surface area contributed by atoms with Crippen molar-refractivity contribution in [3.05, 3.63) is 77.4 Å². The Labute approximate surface area is 160 Å². The second-order valence-corrected chi connectivity index (χ2v) is 7.32. The molecule has 0 N–H and O–H groups in total. The van der Waals surface area contributed by atoms with Crippen molar-refractivity contribution in [3.8, 4) is 22.4 Å². The quantitative estimate of drug-likeness (QED) is 0.473. The molecule has 0 amide bonds. The van der Waals surface area contributed by atoms with Crippen molar-refractivity contribution in [2.75, 3.05) is 0 Å². The van der Waals surface area contributed by atoms with Crippen LogP contribution in [0.1, 0.15) is 22.5 Å². The number of hydrogen-bond donors (Lipinski definition) is 0. The molecule has 27 heavy (non-hydrogen) atoms.